The summed E-state index contributed by atoms with van der Waals surface area (Å²) in [5, 5.41) is 18.6. The van der Waals surface area contributed by atoms with Gasteiger partial charge in [0.2, 0.25) is 5.91 Å². The lowest BCUT2D eigenvalue weighted by molar-refractivity contribution is -0.116. The van der Waals surface area contributed by atoms with Crippen molar-refractivity contribution in [1.82, 2.24) is 10.2 Å². The first kappa shape index (κ1) is 38.3. The smallest absolute Gasteiger partial charge is 0.410 e. The average Bonchev–Trinajstić information content (AvgIpc) is 3.46. The molecular formula is C39H38BrN5O5S2. The van der Waals surface area contributed by atoms with Crippen LogP contribution in [0, 0.1) is 11.3 Å². The Labute approximate surface area is 319 Å². The molecule has 0 spiro atoms. The third kappa shape index (κ3) is 10.1. The van der Waals surface area contributed by atoms with Crippen LogP contribution in [0.5, 0.6) is 0 Å². The van der Waals surface area contributed by atoms with Crippen molar-refractivity contribution in [3.8, 4) is 6.07 Å². The average molecular weight is 801 g/mol. The summed E-state index contributed by atoms with van der Waals surface area (Å²) in [5.41, 5.74) is 2.31. The van der Waals surface area contributed by atoms with Crippen molar-refractivity contribution >= 4 is 79.6 Å². The number of benzene rings is 3. The summed E-state index contributed by atoms with van der Waals surface area (Å²) < 4.78 is 6.41. The maximum atomic E-state index is 13.6. The van der Waals surface area contributed by atoms with Crippen LogP contribution in [-0.2, 0) is 27.3 Å². The van der Waals surface area contributed by atoms with Crippen LogP contribution in [0.1, 0.15) is 66.0 Å². The summed E-state index contributed by atoms with van der Waals surface area (Å²) in [4.78, 5) is 56.1. The molecule has 4 amide bonds. The molecule has 3 aromatic carbocycles. The van der Waals surface area contributed by atoms with Crippen molar-refractivity contribution in [3.63, 3.8) is 0 Å². The van der Waals surface area contributed by atoms with E-state index in [1.165, 1.54) is 23.1 Å². The number of thioether (sulfide) groups is 1. The van der Waals surface area contributed by atoms with Crippen molar-refractivity contribution in [2.45, 2.75) is 62.8 Å². The Hall–Kier alpha value is -4.90. The van der Waals surface area contributed by atoms with Crippen LogP contribution in [0.4, 0.5) is 15.5 Å². The molecule has 1 aromatic heterocycles. The Morgan fingerprint density at radius 1 is 1.04 bits per heavy atom. The maximum absolute atomic E-state index is 13.6. The predicted octanol–water partition coefficient (Wildman–Crippen LogP) is 8.59. The number of nitriles is 1. The normalized spacial score (nSPS) is 13.3. The molecule has 4 aromatic rings. The number of halogens is 1. The number of nitrogens with zero attached hydrogens (tertiary/aromatic N) is 2. The van der Waals surface area contributed by atoms with E-state index >= 15 is 0 Å². The molecule has 10 nitrogen and oxygen atoms in total. The molecule has 0 aliphatic carbocycles. The Balaban J connectivity index is 1.28. The summed E-state index contributed by atoms with van der Waals surface area (Å²) in [6.45, 7) is 8.07. The summed E-state index contributed by atoms with van der Waals surface area (Å²) in [6.07, 6.45) is 2.18. The lowest BCUT2D eigenvalue weighted by Crippen LogP contribution is -2.39. The second-order valence-electron chi connectivity index (χ2n) is 12.9. The monoisotopic (exact) mass is 799 g/mol. The summed E-state index contributed by atoms with van der Waals surface area (Å²) >= 11 is 6.06. The van der Waals surface area contributed by atoms with Gasteiger partial charge in [-0.25, -0.2) is 4.79 Å². The van der Waals surface area contributed by atoms with Crippen LogP contribution in [0.3, 0.4) is 0 Å². The fourth-order valence-corrected chi connectivity index (χ4v) is 7.78. The van der Waals surface area contributed by atoms with Gasteiger partial charge in [0.05, 0.1) is 17.4 Å². The van der Waals surface area contributed by atoms with Gasteiger partial charge in [-0.05, 0) is 93.3 Å². The molecule has 0 fully saturated rings. The maximum Gasteiger partial charge on any atom is 0.410 e. The second kappa shape index (κ2) is 17.1. The van der Waals surface area contributed by atoms with E-state index in [1.54, 1.807) is 59.5 Å². The minimum atomic E-state index is -0.623. The van der Waals surface area contributed by atoms with Gasteiger partial charge in [-0.3, -0.25) is 14.4 Å². The number of ether oxygens (including phenoxy) is 1. The van der Waals surface area contributed by atoms with Crippen LogP contribution >= 0.6 is 39.0 Å². The number of rotatable bonds is 10. The Bertz CT molecular complexity index is 2030. The third-order valence-electron chi connectivity index (χ3n) is 7.80. The zero-order chi connectivity index (χ0) is 37.4. The molecule has 0 bridgehead atoms. The number of carbonyl (C=O) groups excluding carboxylic acids is 4. The molecular weight excluding hydrogens is 762 g/mol. The third-order valence-corrected chi connectivity index (χ3v) is 10.8. The number of thiophene rings is 1. The summed E-state index contributed by atoms with van der Waals surface area (Å²) in [7, 11) is 0. The fourth-order valence-electron chi connectivity index (χ4n) is 5.28. The van der Waals surface area contributed by atoms with Crippen molar-refractivity contribution in [1.29, 1.82) is 5.26 Å². The first-order valence-corrected chi connectivity index (χ1v) is 19.1. The molecule has 5 rings (SSSR count). The van der Waals surface area contributed by atoms with Crippen LogP contribution in [-0.4, -0.2) is 46.1 Å². The van der Waals surface area contributed by atoms with E-state index in [9.17, 15) is 24.4 Å². The highest BCUT2D eigenvalue weighted by molar-refractivity contribution is 9.10. The molecule has 2 heterocycles. The van der Waals surface area contributed by atoms with Gasteiger partial charge >= 0.3 is 6.09 Å². The van der Waals surface area contributed by atoms with E-state index in [-0.39, 0.29) is 11.6 Å². The van der Waals surface area contributed by atoms with Gasteiger partial charge in [-0.1, -0.05) is 59.3 Å². The number of nitrogens with one attached hydrogen (secondary N) is 3. The molecule has 1 atom stereocenters. The number of hydrogen-bond acceptors (Lipinski definition) is 8. The topological polar surface area (TPSA) is 141 Å². The summed E-state index contributed by atoms with van der Waals surface area (Å²) in [6, 6.07) is 25.3. The van der Waals surface area contributed by atoms with Gasteiger partial charge in [0.1, 0.15) is 22.4 Å². The molecule has 0 radical (unpaired) electrons. The molecule has 1 aliphatic heterocycles. The number of hydrogen-bond donors (Lipinski definition) is 3. The molecule has 13 heteroatoms. The SMILES string of the molecule is CCC(Sc1cccc(NC(=O)/C(=C\c2ccc(Br)cc2)NC(=O)c2ccccc2)c1)C(=O)Nc1sc2c(c1C#N)CCN(C(=O)OC(C)(C)C)C2. The highest BCUT2D eigenvalue weighted by Gasteiger charge is 2.31. The largest absolute Gasteiger partial charge is 0.444 e. The second-order valence-corrected chi connectivity index (χ2v) is 16.2. The zero-order valence-corrected chi connectivity index (χ0v) is 32.3. The molecule has 3 N–H and O–H groups in total. The Morgan fingerprint density at radius 3 is 2.44 bits per heavy atom. The lowest BCUT2D eigenvalue weighted by Gasteiger charge is -2.29. The summed E-state index contributed by atoms with van der Waals surface area (Å²) in [5.74, 6) is -1.20. The van der Waals surface area contributed by atoms with Crippen molar-refractivity contribution in [2.75, 3.05) is 17.2 Å². The van der Waals surface area contributed by atoms with E-state index in [0.717, 1.165) is 19.8 Å². The Morgan fingerprint density at radius 2 is 1.77 bits per heavy atom. The molecule has 268 valence electrons. The standard InChI is InChI=1S/C39H38BrN5O5S2/c1-5-32(36(48)44-37-30(22-41)29-18-19-45(23-33(29)52-37)38(49)50-39(2,3)4)51-28-13-9-12-27(21-28)42-35(47)31(20-24-14-16-26(40)17-15-24)43-34(46)25-10-7-6-8-11-25/h6-17,20-21,32H,5,18-19,23H2,1-4H3,(H,42,47)(H,43,46)(H,44,48)/b31-20+. The quantitative estimate of drug-likeness (QED) is 0.108. The highest BCUT2D eigenvalue weighted by Crippen LogP contribution is 2.38. The van der Waals surface area contributed by atoms with Gasteiger partial charge in [0.15, 0.2) is 0 Å². The van der Waals surface area contributed by atoms with Gasteiger partial charge in [0, 0.05) is 32.0 Å². The highest BCUT2D eigenvalue weighted by atomic mass is 79.9. The predicted molar refractivity (Wildman–Crippen MR) is 209 cm³/mol. The van der Waals surface area contributed by atoms with Crippen molar-refractivity contribution in [3.05, 3.63) is 116 Å². The first-order valence-electron chi connectivity index (χ1n) is 16.6. The number of amides is 4. The van der Waals surface area contributed by atoms with Gasteiger partial charge in [0.25, 0.3) is 11.8 Å². The molecule has 52 heavy (non-hydrogen) atoms. The van der Waals surface area contributed by atoms with Crippen molar-refractivity contribution in [2.24, 2.45) is 0 Å². The number of fused-ring (bicyclic) bond motifs is 1. The number of carbonyl (C=O) groups is 4. The van der Waals surface area contributed by atoms with E-state index in [2.05, 4.69) is 37.9 Å². The molecule has 1 unspecified atom stereocenters. The van der Waals surface area contributed by atoms with E-state index in [0.29, 0.717) is 53.3 Å². The van der Waals surface area contributed by atoms with Gasteiger partial charge < -0.3 is 25.6 Å². The van der Waals surface area contributed by atoms with Crippen LogP contribution in [0.15, 0.2) is 93.9 Å². The van der Waals surface area contributed by atoms with E-state index in [1.807, 2.05) is 58.0 Å². The minimum absolute atomic E-state index is 0.0567. The van der Waals surface area contributed by atoms with Crippen LogP contribution in [0.2, 0.25) is 0 Å². The van der Waals surface area contributed by atoms with Gasteiger partial charge in [-0.2, -0.15) is 5.26 Å². The van der Waals surface area contributed by atoms with Crippen molar-refractivity contribution < 1.29 is 23.9 Å². The number of anilines is 2. The van der Waals surface area contributed by atoms with Crippen LogP contribution < -0.4 is 16.0 Å². The molecule has 0 saturated heterocycles. The zero-order valence-electron chi connectivity index (χ0n) is 29.1. The molecule has 1 aliphatic rings. The lowest BCUT2D eigenvalue weighted by atomic mass is 10.0. The van der Waals surface area contributed by atoms with Gasteiger partial charge in [-0.15, -0.1) is 23.1 Å². The molecule has 0 saturated carbocycles. The van der Waals surface area contributed by atoms with E-state index in [4.69, 9.17) is 4.74 Å². The van der Waals surface area contributed by atoms with Crippen LogP contribution in [0.25, 0.3) is 6.08 Å². The first-order chi connectivity index (χ1) is 24.8. The fraction of sp³-hybridized carbons (Fsp3) is 0.256. The van der Waals surface area contributed by atoms with E-state index < -0.39 is 28.8 Å². The Kier molecular flexibility index (Phi) is 12.6. The minimum Gasteiger partial charge on any atom is -0.444 e.